The Hall–Kier alpha value is -0.520. The summed E-state index contributed by atoms with van der Waals surface area (Å²) in [5, 5.41) is 13.2. The van der Waals surface area contributed by atoms with Crippen molar-refractivity contribution in [3.05, 3.63) is 28.8 Å². The van der Waals surface area contributed by atoms with Crippen LogP contribution in [-0.4, -0.2) is 40.1 Å². The van der Waals surface area contributed by atoms with Crippen LogP contribution in [0.2, 0.25) is 5.02 Å². The molecule has 0 bridgehead atoms. The van der Waals surface area contributed by atoms with E-state index in [4.69, 9.17) is 16.7 Å². The lowest BCUT2D eigenvalue weighted by Gasteiger charge is -2.22. The molecule has 1 aliphatic heterocycles. The third-order valence-corrected chi connectivity index (χ3v) is 5.79. The van der Waals surface area contributed by atoms with E-state index in [1.807, 2.05) is 23.5 Å². The van der Waals surface area contributed by atoms with Crippen LogP contribution in [-0.2, 0) is 0 Å². The van der Waals surface area contributed by atoms with E-state index in [1.54, 1.807) is 18.2 Å². The van der Waals surface area contributed by atoms with Gasteiger partial charge < -0.3 is 10.4 Å². The van der Waals surface area contributed by atoms with Gasteiger partial charge in [-0.05, 0) is 12.1 Å². The third-order valence-electron chi connectivity index (χ3n) is 2.63. The summed E-state index contributed by atoms with van der Waals surface area (Å²) < 4.78 is 0. The zero-order chi connectivity index (χ0) is 13.0. The highest BCUT2D eigenvalue weighted by Crippen LogP contribution is 2.27. The number of nitrogens with one attached hydrogen (secondary N) is 1. The summed E-state index contributed by atoms with van der Waals surface area (Å²) in [6.45, 7) is 0.776. The van der Waals surface area contributed by atoms with Crippen LogP contribution in [0.15, 0.2) is 18.2 Å². The van der Waals surface area contributed by atoms with Gasteiger partial charge in [0.1, 0.15) is 5.56 Å². The van der Waals surface area contributed by atoms with Crippen LogP contribution in [0.1, 0.15) is 10.4 Å². The maximum Gasteiger partial charge on any atom is 0.339 e. The zero-order valence-corrected chi connectivity index (χ0v) is 12.1. The zero-order valence-electron chi connectivity index (χ0n) is 9.69. The van der Waals surface area contributed by atoms with Gasteiger partial charge in [0.2, 0.25) is 0 Å². The molecule has 1 aromatic rings. The molecule has 1 unspecified atom stereocenters. The molecule has 0 aliphatic carbocycles. The number of carboxylic acid groups (broad SMARTS) is 1. The van der Waals surface area contributed by atoms with Crippen molar-refractivity contribution in [2.45, 2.75) is 5.25 Å². The Bertz CT molecular complexity index is 436. The predicted molar refractivity (Wildman–Crippen MR) is 80.5 cm³/mol. The fraction of sp³-hybridized carbons (Fsp3) is 0.417. The van der Waals surface area contributed by atoms with Crippen molar-refractivity contribution in [3.8, 4) is 0 Å². The fourth-order valence-corrected chi connectivity index (χ4v) is 4.63. The van der Waals surface area contributed by atoms with E-state index in [9.17, 15) is 4.79 Å². The second-order valence-electron chi connectivity index (χ2n) is 3.92. The minimum atomic E-state index is -0.992. The van der Waals surface area contributed by atoms with Crippen LogP contribution >= 0.6 is 35.1 Å². The lowest BCUT2D eigenvalue weighted by molar-refractivity contribution is 0.0698. The van der Waals surface area contributed by atoms with Crippen LogP contribution in [0.4, 0.5) is 5.69 Å². The molecule has 0 aromatic heterocycles. The molecule has 2 N–H and O–H groups in total. The Morgan fingerprint density at radius 1 is 1.50 bits per heavy atom. The molecule has 1 saturated heterocycles. The molecular formula is C12H14ClNO2S2. The molecule has 3 nitrogen and oxygen atoms in total. The lowest BCUT2D eigenvalue weighted by atomic mass is 10.1. The van der Waals surface area contributed by atoms with Crippen LogP contribution < -0.4 is 5.32 Å². The average molecular weight is 304 g/mol. The number of carboxylic acids is 1. The first-order valence-electron chi connectivity index (χ1n) is 5.63. The largest absolute Gasteiger partial charge is 0.478 e. The summed E-state index contributed by atoms with van der Waals surface area (Å²) in [5.41, 5.74) is 0.763. The summed E-state index contributed by atoms with van der Waals surface area (Å²) in [5.74, 6) is 2.49. The van der Waals surface area contributed by atoms with Crippen molar-refractivity contribution in [2.24, 2.45) is 0 Å². The van der Waals surface area contributed by atoms with E-state index in [1.165, 1.54) is 11.5 Å². The molecule has 98 valence electrons. The average Bonchev–Trinajstić information content (AvgIpc) is 2.37. The van der Waals surface area contributed by atoms with Gasteiger partial charge in [-0.2, -0.15) is 23.5 Å². The number of aromatic carboxylic acids is 1. The maximum atomic E-state index is 11.2. The van der Waals surface area contributed by atoms with E-state index in [0.717, 1.165) is 12.3 Å². The number of halogens is 1. The lowest BCUT2D eigenvalue weighted by Crippen LogP contribution is -2.24. The molecule has 0 spiro atoms. The second-order valence-corrected chi connectivity index (χ2v) is 6.88. The molecule has 1 aliphatic rings. The van der Waals surface area contributed by atoms with Crippen molar-refractivity contribution in [2.75, 3.05) is 29.1 Å². The molecule has 2 rings (SSSR count). The molecule has 1 atom stereocenters. The smallest absolute Gasteiger partial charge is 0.339 e. The van der Waals surface area contributed by atoms with Gasteiger partial charge in [-0.3, -0.25) is 0 Å². The molecule has 6 heteroatoms. The molecular weight excluding hydrogens is 290 g/mol. The fourth-order valence-electron chi connectivity index (χ4n) is 1.77. The van der Waals surface area contributed by atoms with Crippen LogP contribution in [0, 0.1) is 0 Å². The molecule has 0 saturated carbocycles. The van der Waals surface area contributed by atoms with E-state index < -0.39 is 5.97 Å². The van der Waals surface area contributed by atoms with Crippen molar-refractivity contribution < 1.29 is 9.90 Å². The van der Waals surface area contributed by atoms with Gasteiger partial charge >= 0.3 is 5.97 Å². The minimum Gasteiger partial charge on any atom is -0.478 e. The third kappa shape index (κ3) is 3.49. The Labute approximate surface area is 120 Å². The Balaban J connectivity index is 2.04. The molecule has 18 heavy (non-hydrogen) atoms. The van der Waals surface area contributed by atoms with Gasteiger partial charge in [-0.1, -0.05) is 17.7 Å². The second kappa shape index (κ2) is 6.59. The van der Waals surface area contributed by atoms with Gasteiger partial charge in [0, 0.05) is 29.1 Å². The van der Waals surface area contributed by atoms with E-state index >= 15 is 0 Å². The first-order chi connectivity index (χ1) is 8.68. The molecule has 0 radical (unpaired) electrons. The number of anilines is 1. The number of benzene rings is 1. The van der Waals surface area contributed by atoms with Crippen LogP contribution in [0.3, 0.4) is 0 Å². The Morgan fingerprint density at radius 2 is 2.33 bits per heavy atom. The Morgan fingerprint density at radius 3 is 3.00 bits per heavy atom. The van der Waals surface area contributed by atoms with Gasteiger partial charge in [0.05, 0.1) is 10.7 Å². The number of carbonyl (C=O) groups is 1. The molecule has 1 fully saturated rings. The number of hydrogen-bond donors (Lipinski definition) is 2. The first-order valence-corrected chi connectivity index (χ1v) is 8.21. The molecule has 1 aromatic carbocycles. The number of rotatable bonds is 4. The van der Waals surface area contributed by atoms with E-state index in [2.05, 4.69) is 5.32 Å². The van der Waals surface area contributed by atoms with E-state index in [-0.39, 0.29) is 10.6 Å². The van der Waals surface area contributed by atoms with Crippen LogP contribution in [0.25, 0.3) is 0 Å². The summed E-state index contributed by atoms with van der Waals surface area (Å²) in [7, 11) is 0. The van der Waals surface area contributed by atoms with Gasteiger partial charge in [0.15, 0.2) is 0 Å². The summed E-state index contributed by atoms with van der Waals surface area (Å²) >= 11 is 9.80. The topological polar surface area (TPSA) is 49.3 Å². The summed E-state index contributed by atoms with van der Waals surface area (Å²) in [4.78, 5) is 11.2. The maximum absolute atomic E-state index is 11.2. The van der Waals surface area contributed by atoms with E-state index in [0.29, 0.717) is 10.9 Å². The highest BCUT2D eigenvalue weighted by atomic mass is 35.5. The van der Waals surface area contributed by atoms with Crippen molar-refractivity contribution in [1.29, 1.82) is 0 Å². The highest BCUT2D eigenvalue weighted by Gasteiger charge is 2.17. The van der Waals surface area contributed by atoms with Gasteiger partial charge in [-0.15, -0.1) is 0 Å². The highest BCUT2D eigenvalue weighted by molar-refractivity contribution is 8.06. The minimum absolute atomic E-state index is 0.160. The van der Waals surface area contributed by atoms with Crippen molar-refractivity contribution >= 4 is 46.8 Å². The number of thioether (sulfide) groups is 2. The monoisotopic (exact) mass is 303 g/mol. The molecule has 1 heterocycles. The molecule has 0 amide bonds. The van der Waals surface area contributed by atoms with Gasteiger partial charge in [-0.25, -0.2) is 4.79 Å². The van der Waals surface area contributed by atoms with Crippen molar-refractivity contribution in [3.63, 3.8) is 0 Å². The number of hydrogen-bond acceptors (Lipinski definition) is 4. The SMILES string of the molecule is O=C(O)c1c(Cl)cccc1NCC1CSCCS1. The first kappa shape index (κ1) is 13.9. The van der Waals surface area contributed by atoms with Gasteiger partial charge in [0.25, 0.3) is 0 Å². The predicted octanol–water partition coefficient (Wildman–Crippen LogP) is 3.30. The standard InChI is InChI=1S/C12H14ClNO2S2/c13-9-2-1-3-10(11(9)12(15)16)14-6-8-7-17-4-5-18-8/h1-3,8,14H,4-7H2,(H,15,16). The Kier molecular flexibility index (Phi) is 5.09. The summed E-state index contributed by atoms with van der Waals surface area (Å²) in [6.07, 6.45) is 0. The quantitative estimate of drug-likeness (QED) is 0.894. The normalized spacial score (nSPS) is 19.5. The summed E-state index contributed by atoms with van der Waals surface area (Å²) in [6, 6.07) is 5.12. The van der Waals surface area contributed by atoms with Crippen molar-refractivity contribution in [1.82, 2.24) is 0 Å². The van der Waals surface area contributed by atoms with Crippen LogP contribution in [0.5, 0.6) is 0 Å².